The summed E-state index contributed by atoms with van der Waals surface area (Å²) in [6.45, 7) is 2.55. The van der Waals surface area contributed by atoms with Gasteiger partial charge in [0.15, 0.2) is 5.65 Å². The van der Waals surface area contributed by atoms with Crippen LogP contribution in [-0.4, -0.2) is 32.4 Å². The molecule has 0 radical (unpaired) electrons. The van der Waals surface area contributed by atoms with E-state index in [1.807, 2.05) is 23.6 Å². The zero-order valence-electron chi connectivity index (χ0n) is 12.1. The molecule has 0 spiro atoms. The second kappa shape index (κ2) is 6.02. The Labute approximate surface area is 128 Å². The molecule has 2 heterocycles. The third kappa shape index (κ3) is 3.35. The van der Waals surface area contributed by atoms with Gasteiger partial charge in [0, 0.05) is 37.0 Å². The zero-order chi connectivity index (χ0) is 14.8. The summed E-state index contributed by atoms with van der Waals surface area (Å²) >= 11 is 5.85. The smallest absolute Gasteiger partial charge is 0.222 e. The van der Waals surface area contributed by atoms with Crippen LogP contribution in [-0.2, 0) is 17.8 Å². The van der Waals surface area contributed by atoms with Crippen molar-refractivity contribution in [3.63, 3.8) is 0 Å². The molecule has 21 heavy (non-hydrogen) atoms. The Morgan fingerprint density at radius 3 is 2.95 bits per heavy atom. The number of imidazole rings is 1. The number of hydrogen-bond acceptors (Lipinski definition) is 3. The molecule has 6 heteroatoms. The summed E-state index contributed by atoms with van der Waals surface area (Å²) in [5.74, 6) is 1.51. The van der Waals surface area contributed by atoms with Crippen LogP contribution in [0.2, 0.25) is 0 Å². The lowest BCUT2D eigenvalue weighted by atomic mass is 10.3. The van der Waals surface area contributed by atoms with Crippen LogP contribution in [0.25, 0.3) is 11.2 Å². The minimum atomic E-state index is 0.101. The van der Waals surface area contributed by atoms with Crippen molar-refractivity contribution in [1.82, 2.24) is 19.9 Å². The van der Waals surface area contributed by atoms with E-state index in [1.165, 1.54) is 0 Å². The lowest BCUT2D eigenvalue weighted by molar-refractivity contribution is -0.121. The van der Waals surface area contributed by atoms with Gasteiger partial charge in [0.2, 0.25) is 5.91 Å². The van der Waals surface area contributed by atoms with Crippen molar-refractivity contribution in [1.29, 1.82) is 0 Å². The summed E-state index contributed by atoms with van der Waals surface area (Å²) in [6, 6.07) is 4.32. The molecule has 2 aromatic heterocycles. The summed E-state index contributed by atoms with van der Waals surface area (Å²) in [4.78, 5) is 21.0. The number of halogens is 1. The predicted molar refractivity (Wildman–Crippen MR) is 82.5 cm³/mol. The van der Waals surface area contributed by atoms with Crippen LogP contribution in [0.4, 0.5) is 0 Å². The maximum Gasteiger partial charge on any atom is 0.222 e. The van der Waals surface area contributed by atoms with Gasteiger partial charge in [-0.2, -0.15) is 0 Å². The van der Waals surface area contributed by atoms with Gasteiger partial charge in [0.25, 0.3) is 0 Å². The molecule has 0 atom stereocenters. The fourth-order valence-corrected chi connectivity index (χ4v) is 2.56. The summed E-state index contributed by atoms with van der Waals surface area (Å²) in [6.07, 6.45) is 3.35. The van der Waals surface area contributed by atoms with E-state index in [9.17, 15) is 4.79 Å². The second-order valence-electron chi connectivity index (χ2n) is 5.51. The Bertz CT molecular complexity index is 663. The van der Waals surface area contributed by atoms with E-state index in [-0.39, 0.29) is 5.91 Å². The number of carbonyl (C=O) groups excluding carboxylic acids is 1. The molecule has 0 aromatic carbocycles. The van der Waals surface area contributed by atoms with Crippen molar-refractivity contribution >= 4 is 28.7 Å². The third-order valence-corrected chi connectivity index (χ3v) is 3.82. The van der Waals surface area contributed by atoms with Crippen molar-refractivity contribution in [3.05, 3.63) is 23.7 Å². The Kier molecular flexibility index (Phi) is 4.10. The van der Waals surface area contributed by atoms with Gasteiger partial charge in [-0.3, -0.25) is 4.79 Å². The Hall–Kier alpha value is -1.62. The highest BCUT2D eigenvalue weighted by molar-refractivity contribution is 6.17. The molecule has 2 aromatic rings. The lowest BCUT2D eigenvalue weighted by Gasteiger charge is -2.08. The zero-order valence-corrected chi connectivity index (χ0v) is 12.9. The molecule has 3 rings (SSSR count). The van der Waals surface area contributed by atoms with E-state index in [4.69, 9.17) is 11.6 Å². The fraction of sp³-hybridized carbons (Fsp3) is 0.533. The largest absolute Gasteiger partial charge is 0.353 e. The monoisotopic (exact) mass is 306 g/mol. The first kappa shape index (κ1) is 14.3. The highest BCUT2D eigenvalue weighted by atomic mass is 35.5. The highest BCUT2D eigenvalue weighted by Crippen LogP contribution is 2.19. The van der Waals surface area contributed by atoms with Crippen LogP contribution in [0.3, 0.4) is 0 Å². The van der Waals surface area contributed by atoms with Crippen molar-refractivity contribution in [3.8, 4) is 0 Å². The molecule has 0 bridgehead atoms. The molecule has 1 N–H and O–H groups in total. The average Bonchev–Trinajstić information content (AvgIpc) is 3.19. The van der Waals surface area contributed by atoms with Gasteiger partial charge < -0.3 is 9.88 Å². The van der Waals surface area contributed by atoms with Crippen molar-refractivity contribution in [2.45, 2.75) is 45.2 Å². The standard InChI is InChI=1S/C15H19ClN4O/c1-10-2-5-12-15(17-10)20(13(19-12)6-8-16)9-7-14(21)18-11-3-4-11/h2,5,11H,3-4,6-9H2,1H3,(H,18,21). The molecule has 0 saturated heterocycles. The number of amides is 1. The number of nitrogens with one attached hydrogen (secondary N) is 1. The Balaban J connectivity index is 1.81. The number of carbonyl (C=O) groups is 1. The first-order valence-electron chi connectivity index (χ1n) is 7.35. The third-order valence-electron chi connectivity index (χ3n) is 3.63. The normalized spacial score (nSPS) is 14.6. The molecule has 112 valence electrons. The molecule has 1 fully saturated rings. The van der Waals surface area contributed by atoms with E-state index in [0.29, 0.717) is 31.3 Å². The highest BCUT2D eigenvalue weighted by Gasteiger charge is 2.23. The Morgan fingerprint density at radius 2 is 2.24 bits per heavy atom. The maximum absolute atomic E-state index is 11.9. The quantitative estimate of drug-likeness (QED) is 0.832. The average molecular weight is 307 g/mol. The second-order valence-corrected chi connectivity index (χ2v) is 5.88. The van der Waals surface area contributed by atoms with E-state index in [0.717, 1.165) is 35.5 Å². The van der Waals surface area contributed by atoms with Gasteiger partial charge in [-0.05, 0) is 31.9 Å². The predicted octanol–water partition coefficient (Wildman–Crippen LogP) is 2.19. The van der Waals surface area contributed by atoms with Gasteiger partial charge in [-0.1, -0.05) is 0 Å². The fourth-order valence-electron chi connectivity index (χ4n) is 2.39. The van der Waals surface area contributed by atoms with Crippen molar-refractivity contribution < 1.29 is 4.79 Å². The van der Waals surface area contributed by atoms with Crippen molar-refractivity contribution in [2.75, 3.05) is 5.88 Å². The van der Waals surface area contributed by atoms with Crippen LogP contribution >= 0.6 is 11.6 Å². The van der Waals surface area contributed by atoms with E-state index in [2.05, 4.69) is 15.3 Å². The SMILES string of the molecule is Cc1ccc2nc(CCCl)n(CCC(=O)NC3CC3)c2n1. The summed E-state index contributed by atoms with van der Waals surface area (Å²) < 4.78 is 2.02. The molecule has 5 nitrogen and oxygen atoms in total. The van der Waals surface area contributed by atoms with E-state index < -0.39 is 0 Å². The van der Waals surface area contributed by atoms with Crippen LogP contribution in [0, 0.1) is 6.92 Å². The summed E-state index contributed by atoms with van der Waals surface area (Å²) in [5.41, 5.74) is 2.65. The molecule has 1 amide bonds. The van der Waals surface area contributed by atoms with Crippen molar-refractivity contribution in [2.24, 2.45) is 0 Å². The number of pyridine rings is 1. The topological polar surface area (TPSA) is 59.8 Å². The summed E-state index contributed by atoms with van der Waals surface area (Å²) in [7, 11) is 0. The maximum atomic E-state index is 11.9. The first-order valence-corrected chi connectivity index (χ1v) is 7.89. The number of fused-ring (bicyclic) bond motifs is 1. The summed E-state index contributed by atoms with van der Waals surface area (Å²) in [5, 5.41) is 3.01. The first-order chi connectivity index (χ1) is 10.2. The molecule has 0 aliphatic heterocycles. The molecular weight excluding hydrogens is 288 g/mol. The molecule has 0 unspecified atom stereocenters. The van der Waals surface area contributed by atoms with Crippen LogP contribution < -0.4 is 5.32 Å². The molecule has 1 saturated carbocycles. The molecule has 1 aliphatic carbocycles. The van der Waals surface area contributed by atoms with Gasteiger partial charge in [-0.15, -0.1) is 11.6 Å². The van der Waals surface area contributed by atoms with Crippen LogP contribution in [0.5, 0.6) is 0 Å². The number of rotatable bonds is 6. The van der Waals surface area contributed by atoms with E-state index in [1.54, 1.807) is 0 Å². The van der Waals surface area contributed by atoms with Gasteiger partial charge >= 0.3 is 0 Å². The minimum absolute atomic E-state index is 0.101. The van der Waals surface area contributed by atoms with Crippen LogP contribution in [0.15, 0.2) is 12.1 Å². The minimum Gasteiger partial charge on any atom is -0.353 e. The van der Waals surface area contributed by atoms with Crippen LogP contribution in [0.1, 0.15) is 30.8 Å². The van der Waals surface area contributed by atoms with Gasteiger partial charge in [0.05, 0.1) is 0 Å². The Morgan fingerprint density at radius 1 is 1.43 bits per heavy atom. The molecule has 1 aliphatic rings. The number of alkyl halides is 1. The van der Waals surface area contributed by atoms with Gasteiger partial charge in [-0.25, -0.2) is 9.97 Å². The lowest BCUT2D eigenvalue weighted by Crippen LogP contribution is -2.26. The van der Waals surface area contributed by atoms with Gasteiger partial charge in [0.1, 0.15) is 11.3 Å². The number of aromatic nitrogens is 3. The molecular formula is C15H19ClN4O. The number of hydrogen-bond donors (Lipinski definition) is 1. The number of aryl methyl sites for hydroxylation is 3. The number of nitrogens with zero attached hydrogens (tertiary/aromatic N) is 3. The van der Waals surface area contributed by atoms with E-state index >= 15 is 0 Å².